The van der Waals surface area contributed by atoms with E-state index in [-0.39, 0.29) is 30.2 Å². The Morgan fingerprint density at radius 2 is 2.08 bits per heavy atom. The Labute approximate surface area is 147 Å². The van der Waals surface area contributed by atoms with Crippen LogP contribution in [0.2, 0.25) is 0 Å². The zero-order valence-electron chi connectivity index (χ0n) is 14.7. The summed E-state index contributed by atoms with van der Waals surface area (Å²) >= 11 is 0. The zero-order chi connectivity index (χ0) is 17.8. The van der Waals surface area contributed by atoms with Crippen LogP contribution in [0.25, 0.3) is 0 Å². The lowest BCUT2D eigenvalue weighted by molar-refractivity contribution is -0.128. The normalized spacial score (nSPS) is 20.1. The van der Waals surface area contributed by atoms with Gasteiger partial charge in [-0.2, -0.15) is 0 Å². The molecule has 0 aliphatic carbocycles. The van der Waals surface area contributed by atoms with Crippen molar-refractivity contribution < 1.29 is 9.59 Å². The molecule has 0 unspecified atom stereocenters. The minimum atomic E-state index is -0.338. The Bertz CT molecular complexity index is 741. The number of hydrogen-bond donors (Lipinski definition) is 1. The van der Waals surface area contributed by atoms with E-state index in [0.717, 1.165) is 24.4 Å². The van der Waals surface area contributed by atoms with Gasteiger partial charge in [0, 0.05) is 39.0 Å². The Morgan fingerprint density at radius 1 is 1.32 bits per heavy atom. The number of hydrogen-bond acceptors (Lipinski definition) is 3. The minimum absolute atomic E-state index is 0.0167. The van der Waals surface area contributed by atoms with Crippen molar-refractivity contribution in [1.29, 1.82) is 0 Å². The largest absolute Gasteiger partial charge is 0.356 e. The molecule has 1 N–H and O–H groups in total. The zero-order valence-corrected chi connectivity index (χ0v) is 14.7. The molecular weight excluding hydrogens is 316 g/mol. The van der Waals surface area contributed by atoms with E-state index in [2.05, 4.69) is 14.9 Å². The van der Waals surface area contributed by atoms with Crippen LogP contribution in [0, 0.1) is 12.8 Å². The van der Waals surface area contributed by atoms with Crippen LogP contribution in [0.4, 0.5) is 0 Å². The minimum Gasteiger partial charge on any atom is -0.356 e. The molecule has 0 saturated carbocycles. The van der Waals surface area contributed by atoms with Crippen molar-refractivity contribution in [3.63, 3.8) is 0 Å². The fourth-order valence-corrected chi connectivity index (χ4v) is 3.44. The number of benzene rings is 1. The summed E-state index contributed by atoms with van der Waals surface area (Å²) < 4.78 is 2.06. The molecule has 1 aromatic heterocycles. The third kappa shape index (κ3) is 3.73. The molecular formula is C19H24N4O2. The first-order valence-electron chi connectivity index (χ1n) is 8.64. The Balaban J connectivity index is 1.58. The molecule has 6 heteroatoms. The van der Waals surface area contributed by atoms with Crippen molar-refractivity contribution in [2.75, 3.05) is 13.6 Å². The van der Waals surface area contributed by atoms with Gasteiger partial charge in [-0.05, 0) is 18.9 Å². The van der Waals surface area contributed by atoms with Gasteiger partial charge in [-0.25, -0.2) is 4.98 Å². The third-order valence-corrected chi connectivity index (χ3v) is 4.86. The van der Waals surface area contributed by atoms with Gasteiger partial charge < -0.3 is 14.8 Å². The van der Waals surface area contributed by atoms with Crippen LogP contribution in [-0.4, -0.2) is 39.9 Å². The number of amides is 2. The van der Waals surface area contributed by atoms with E-state index in [1.807, 2.05) is 43.5 Å². The number of aryl methyl sites for hydroxylation is 2. The van der Waals surface area contributed by atoms with Crippen molar-refractivity contribution in [3.05, 3.63) is 54.1 Å². The topological polar surface area (TPSA) is 67.2 Å². The van der Waals surface area contributed by atoms with E-state index >= 15 is 0 Å². The fraction of sp³-hybridized carbons (Fsp3) is 0.421. The number of nitrogens with one attached hydrogen (secondary N) is 1. The molecule has 6 nitrogen and oxygen atoms in total. The number of nitrogens with zero attached hydrogens (tertiary/aromatic N) is 3. The quantitative estimate of drug-likeness (QED) is 0.817. The second-order valence-corrected chi connectivity index (χ2v) is 6.48. The molecule has 2 heterocycles. The monoisotopic (exact) mass is 340 g/mol. The van der Waals surface area contributed by atoms with Crippen LogP contribution in [0.15, 0.2) is 42.7 Å². The van der Waals surface area contributed by atoms with E-state index in [1.165, 1.54) is 0 Å². The Hall–Kier alpha value is -2.63. The number of rotatable bonds is 6. The van der Waals surface area contributed by atoms with Crippen LogP contribution < -0.4 is 5.32 Å². The summed E-state index contributed by atoms with van der Waals surface area (Å²) in [4.78, 5) is 30.6. The molecule has 2 amide bonds. The van der Waals surface area contributed by atoms with Gasteiger partial charge in [-0.15, -0.1) is 0 Å². The molecule has 1 saturated heterocycles. The van der Waals surface area contributed by atoms with E-state index in [0.29, 0.717) is 6.54 Å². The number of likely N-dealkylation sites (tertiary alicyclic amines) is 1. The van der Waals surface area contributed by atoms with Gasteiger partial charge >= 0.3 is 0 Å². The van der Waals surface area contributed by atoms with E-state index in [9.17, 15) is 9.59 Å². The second kappa shape index (κ2) is 7.51. The smallest absolute Gasteiger partial charge is 0.226 e. The molecule has 2 atom stereocenters. The molecule has 132 valence electrons. The standard InChI is InChI=1S/C19H24N4O2/c1-14-20-10-12-23(14)11-6-9-21-19(25)16-13-17(24)22(2)18(16)15-7-4-3-5-8-15/h3-5,7-8,10,12,16,18H,6,9,11,13H2,1-2H3,(H,21,25)/t16-,18+/m1/s1. The van der Waals surface area contributed by atoms with E-state index in [1.54, 1.807) is 18.1 Å². The van der Waals surface area contributed by atoms with E-state index < -0.39 is 0 Å². The van der Waals surface area contributed by atoms with Crippen molar-refractivity contribution >= 4 is 11.8 Å². The molecule has 0 radical (unpaired) electrons. The van der Waals surface area contributed by atoms with Crippen LogP contribution in [0.1, 0.15) is 30.3 Å². The predicted molar refractivity (Wildman–Crippen MR) is 94.7 cm³/mol. The summed E-state index contributed by atoms with van der Waals surface area (Å²) in [5.74, 6) is 0.602. The number of carbonyl (C=O) groups is 2. The van der Waals surface area contributed by atoms with Crippen LogP contribution >= 0.6 is 0 Å². The van der Waals surface area contributed by atoms with Crippen LogP contribution in [0.5, 0.6) is 0 Å². The second-order valence-electron chi connectivity index (χ2n) is 6.48. The first kappa shape index (κ1) is 17.2. The maximum atomic E-state index is 12.6. The molecule has 1 fully saturated rings. The van der Waals surface area contributed by atoms with Gasteiger partial charge in [0.15, 0.2) is 0 Å². The van der Waals surface area contributed by atoms with Gasteiger partial charge in [0.25, 0.3) is 0 Å². The Kier molecular flexibility index (Phi) is 5.16. The van der Waals surface area contributed by atoms with Gasteiger partial charge in [0.05, 0.1) is 12.0 Å². The van der Waals surface area contributed by atoms with Crippen LogP contribution in [0.3, 0.4) is 0 Å². The average Bonchev–Trinajstić information content (AvgIpc) is 3.16. The number of imidazole rings is 1. The van der Waals surface area contributed by atoms with Crippen molar-refractivity contribution in [3.8, 4) is 0 Å². The van der Waals surface area contributed by atoms with Gasteiger partial charge in [-0.1, -0.05) is 30.3 Å². The molecule has 1 aliphatic heterocycles. The summed E-state index contributed by atoms with van der Waals surface area (Å²) in [6.45, 7) is 3.37. The highest BCUT2D eigenvalue weighted by atomic mass is 16.2. The highest BCUT2D eigenvalue weighted by molar-refractivity contribution is 5.90. The molecule has 0 spiro atoms. The maximum Gasteiger partial charge on any atom is 0.226 e. The summed E-state index contributed by atoms with van der Waals surface area (Å²) in [6, 6.07) is 9.57. The van der Waals surface area contributed by atoms with Gasteiger partial charge in [0.1, 0.15) is 5.82 Å². The first-order valence-corrected chi connectivity index (χ1v) is 8.64. The third-order valence-electron chi connectivity index (χ3n) is 4.86. The summed E-state index contributed by atoms with van der Waals surface area (Å²) in [5.41, 5.74) is 1.00. The summed E-state index contributed by atoms with van der Waals surface area (Å²) in [7, 11) is 1.77. The lowest BCUT2D eigenvalue weighted by atomic mass is 9.93. The molecule has 1 aliphatic rings. The first-order chi connectivity index (χ1) is 12.1. The van der Waals surface area contributed by atoms with Gasteiger partial charge in [-0.3, -0.25) is 9.59 Å². The average molecular weight is 340 g/mol. The number of carbonyl (C=O) groups excluding carboxylic acids is 2. The fourth-order valence-electron chi connectivity index (χ4n) is 3.44. The Morgan fingerprint density at radius 3 is 2.76 bits per heavy atom. The molecule has 1 aromatic carbocycles. The SMILES string of the molecule is Cc1nccn1CCCNC(=O)[C@@H]1CC(=O)N(C)[C@H]1c1ccccc1. The highest BCUT2D eigenvalue weighted by Crippen LogP contribution is 2.36. The predicted octanol–water partition coefficient (Wildman–Crippen LogP) is 1.92. The lowest BCUT2D eigenvalue weighted by Crippen LogP contribution is -2.35. The van der Waals surface area contributed by atoms with E-state index in [4.69, 9.17) is 0 Å². The summed E-state index contributed by atoms with van der Waals surface area (Å²) in [6.07, 6.45) is 4.81. The summed E-state index contributed by atoms with van der Waals surface area (Å²) in [5, 5.41) is 3.00. The van der Waals surface area contributed by atoms with Crippen molar-refractivity contribution in [1.82, 2.24) is 19.8 Å². The lowest BCUT2D eigenvalue weighted by Gasteiger charge is -2.25. The molecule has 0 bridgehead atoms. The van der Waals surface area contributed by atoms with Crippen molar-refractivity contribution in [2.24, 2.45) is 5.92 Å². The molecule has 3 rings (SSSR count). The molecule has 25 heavy (non-hydrogen) atoms. The van der Waals surface area contributed by atoms with Gasteiger partial charge in [0.2, 0.25) is 11.8 Å². The van der Waals surface area contributed by atoms with Crippen molar-refractivity contribution in [2.45, 2.75) is 32.4 Å². The molecule has 2 aromatic rings. The number of aromatic nitrogens is 2. The van der Waals surface area contributed by atoms with Crippen LogP contribution in [-0.2, 0) is 16.1 Å². The highest BCUT2D eigenvalue weighted by Gasteiger charge is 2.42. The maximum absolute atomic E-state index is 12.6.